The zero-order chi connectivity index (χ0) is 18.8. The number of carbonyl (C=O) groups excluding carboxylic acids is 2. The first-order valence-electron chi connectivity index (χ1n) is 9.39. The third-order valence-electron chi connectivity index (χ3n) is 4.64. The molecule has 1 aliphatic rings. The molecule has 0 radical (unpaired) electrons. The average molecular weight is 356 g/mol. The van der Waals surface area contributed by atoms with E-state index in [0.717, 1.165) is 44.1 Å². The van der Waals surface area contributed by atoms with E-state index < -0.39 is 0 Å². The maximum atomic E-state index is 12.3. The summed E-state index contributed by atoms with van der Waals surface area (Å²) in [7, 11) is 0. The van der Waals surface area contributed by atoms with Crippen LogP contribution in [0, 0.1) is 11.8 Å². The predicted octanol–water partition coefficient (Wildman–Crippen LogP) is 4.94. The minimum Gasteiger partial charge on any atom is -0.463 e. The van der Waals surface area contributed by atoms with Gasteiger partial charge in [0.05, 0.1) is 12.5 Å². The molecule has 0 N–H and O–H groups in total. The molecule has 0 heterocycles. The lowest BCUT2D eigenvalue weighted by atomic mass is 9.80. The number of hydrogen-bond acceptors (Lipinski definition) is 4. The fraction of sp³-hybridized carbons (Fsp3) is 0.455. The summed E-state index contributed by atoms with van der Waals surface area (Å²) in [6.07, 6.45) is 10.8. The Kier molecular flexibility index (Phi) is 8.13. The van der Waals surface area contributed by atoms with Crippen LogP contribution in [0.2, 0.25) is 0 Å². The van der Waals surface area contributed by atoms with E-state index in [1.807, 2.05) is 25.1 Å². The zero-order valence-corrected chi connectivity index (χ0v) is 15.5. The SMILES string of the molecule is C=CCC1CCC(C(=O)Oc2ccc(/C=C/C(=O)OCCC)cc2)CC1. The Bertz CT molecular complexity index is 622. The zero-order valence-electron chi connectivity index (χ0n) is 15.5. The minimum absolute atomic E-state index is 0.0102. The molecule has 26 heavy (non-hydrogen) atoms. The minimum atomic E-state index is -0.352. The van der Waals surface area contributed by atoms with Gasteiger partial charge in [-0.05, 0) is 68.2 Å². The Balaban J connectivity index is 1.81. The van der Waals surface area contributed by atoms with Crippen LogP contribution in [-0.4, -0.2) is 18.5 Å². The molecular weight excluding hydrogens is 328 g/mol. The summed E-state index contributed by atoms with van der Waals surface area (Å²) < 4.78 is 10.5. The van der Waals surface area contributed by atoms with Crippen LogP contribution >= 0.6 is 0 Å². The monoisotopic (exact) mass is 356 g/mol. The van der Waals surface area contributed by atoms with Crippen molar-refractivity contribution in [3.05, 3.63) is 48.6 Å². The second-order valence-corrected chi connectivity index (χ2v) is 6.73. The number of allylic oxidation sites excluding steroid dienone is 1. The van der Waals surface area contributed by atoms with Crippen molar-refractivity contribution in [1.82, 2.24) is 0 Å². The fourth-order valence-corrected chi connectivity index (χ4v) is 3.13. The van der Waals surface area contributed by atoms with Gasteiger partial charge in [-0.3, -0.25) is 4.79 Å². The molecule has 0 aromatic heterocycles. The van der Waals surface area contributed by atoms with Crippen LogP contribution in [-0.2, 0) is 14.3 Å². The van der Waals surface area contributed by atoms with Crippen LogP contribution in [0.3, 0.4) is 0 Å². The number of rotatable bonds is 8. The van der Waals surface area contributed by atoms with Crippen LogP contribution in [0.25, 0.3) is 6.08 Å². The van der Waals surface area contributed by atoms with E-state index in [-0.39, 0.29) is 17.9 Å². The van der Waals surface area contributed by atoms with Crippen LogP contribution < -0.4 is 4.74 Å². The van der Waals surface area contributed by atoms with Gasteiger partial charge in [0.25, 0.3) is 0 Å². The number of benzene rings is 1. The highest BCUT2D eigenvalue weighted by Crippen LogP contribution is 2.32. The molecule has 1 saturated carbocycles. The molecule has 0 bridgehead atoms. The standard InChI is InChI=1S/C22H28O4/c1-3-5-17-6-11-19(12-7-17)22(24)26-20-13-8-18(9-14-20)10-15-21(23)25-16-4-2/h3,8-10,13-15,17,19H,1,4-7,11-12,16H2,2H3/b15-10+. The molecule has 2 rings (SSSR count). The third kappa shape index (κ3) is 6.51. The van der Waals surface area contributed by atoms with E-state index in [9.17, 15) is 9.59 Å². The molecule has 0 unspecified atom stereocenters. The summed E-state index contributed by atoms with van der Waals surface area (Å²) in [6.45, 7) is 6.16. The van der Waals surface area contributed by atoms with Crippen molar-refractivity contribution in [2.45, 2.75) is 45.4 Å². The molecule has 0 saturated heterocycles. The largest absolute Gasteiger partial charge is 0.463 e. The van der Waals surface area contributed by atoms with E-state index >= 15 is 0 Å². The van der Waals surface area contributed by atoms with Crippen molar-refractivity contribution in [2.75, 3.05) is 6.61 Å². The van der Waals surface area contributed by atoms with Crippen LogP contribution in [0.15, 0.2) is 43.0 Å². The number of ether oxygens (including phenoxy) is 2. The summed E-state index contributed by atoms with van der Waals surface area (Å²) in [5, 5.41) is 0. The first kappa shape index (κ1) is 20.0. The first-order chi connectivity index (χ1) is 12.6. The lowest BCUT2D eigenvalue weighted by Gasteiger charge is -2.26. The van der Waals surface area contributed by atoms with Gasteiger partial charge in [-0.1, -0.05) is 25.1 Å². The Morgan fingerprint density at radius 2 is 1.85 bits per heavy atom. The summed E-state index contributed by atoms with van der Waals surface area (Å²) in [6, 6.07) is 7.12. The highest BCUT2D eigenvalue weighted by atomic mass is 16.5. The maximum Gasteiger partial charge on any atom is 0.330 e. The van der Waals surface area contributed by atoms with Gasteiger partial charge >= 0.3 is 11.9 Å². The van der Waals surface area contributed by atoms with Gasteiger partial charge in [-0.15, -0.1) is 6.58 Å². The summed E-state index contributed by atoms with van der Waals surface area (Å²) >= 11 is 0. The summed E-state index contributed by atoms with van der Waals surface area (Å²) in [5.74, 6) is 0.687. The normalized spacial score (nSPS) is 19.9. The van der Waals surface area contributed by atoms with Gasteiger partial charge in [0.2, 0.25) is 0 Å². The Morgan fingerprint density at radius 3 is 2.46 bits per heavy atom. The first-order valence-corrected chi connectivity index (χ1v) is 9.39. The third-order valence-corrected chi connectivity index (χ3v) is 4.64. The molecule has 140 valence electrons. The number of esters is 2. The van der Waals surface area contributed by atoms with Crippen molar-refractivity contribution in [3.63, 3.8) is 0 Å². The van der Waals surface area contributed by atoms with E-state index in [2.05, 4.69) is 6.58 Å². The molecule has 4 nitrogen and oxygen atoms in total. The van der Waals surface area contributed by atoms with Crippen molar-refractivity contribution in [3.8, 4) is 5.75 Å². The molecule has 0 spiro atoms. The predicted molar refractivity (Wildman–Crippen MR) is 103 cm³/mol. The molecule has 0 aliphatic heterocycles. The van der Waals surface area contributed by atoms with E-state index in [0.29, 0.717) is 18.3 Å². The van der Waals surface area contributed by atoms with E-state index in [1.165, 1.54) is 6.08 Å². The van der Waals surface area contributed by atoms with E-state index in [1.54, 1.807) is 18.2 Å². The van der Waals surface area contributed by atoms with Crippen molar-refractivity contribution in [2.24, 2.45) is 11.8 Å². The molecule has 1 fully saturated rings. The van der Waals surface area contributed by atoms with Gasteiger partial charge in [0.15, 0.2) is 0 Å². The smallest absolute Gasteiger partial charge is 0.330 e. The van der Waals surface area contributed by atoms with E-state index in [4.69, 9.17) is 9.47 Å². The Morgan fingerprint density at radius 1 is 1.15 bits per heavy atom. The molecular formula is C22H28O4. The topological polar surface area (TPSA) is 52.6 Å². The maximum absolute atomic E-state index is 12.3. The molecule has 1 aliphatic carbocycles. The average Bonchev–Trinajstić information content (AvgIpc) is 2.66. The Labute approximate surface area is 155 Å². The van der Waals surface area contributed by atoms with Gasteiger partial charge in [0.1, 0.15) is 5.75 Å². The van der Waals surface area contributed by atoms with Crippen molar-refractivity contribution in [1.29, 1.82) is 0 Å². The van der Waals surface area contributed by atoms with Crippen LogP contribution in [0.4, 0.5) is 0 Å². The lowest BCUT2D eigenvalue weighted by molar-refractivity contribution is -0.140. The van der Waals surface area contributed by atoms with Crippen LogP contribution in [0.5, 0.6) is 5.75 Å². The molecule has 1 aromatic rings. The van der Waals surface area contributed by atoms with Gasteiger partial charge in [-0.2, -0.15) is 0 Å². The molecule has 0 amide bonds. The van der Waals surface area contributed by atoms with Crippen molar-refractivity contribution >= 4 is 18.0 Å². The Hall–Kier alpha value is -2.36. The van der Waals surface area contributed by atoms with Gasteiger partial charge in [0, 0.05) is 6.08 Å². The van der Waals surface area contributed by atoms with Gasteiger partial charge in [-0.25, -0.2) is 4.79 Å². The summed E-state index contributed by atoms with van der Waals surface area (Å²) in [5.41, 5.74) is 0.850. The molecule has 1 aromatic carbocycles. The second-order valence-electron chi connectivity index (χ2n) is 6.73. The van der Waals surface area contributed by atoms with Crippen LogP contribution in [0.1, 0.15) is 51.0 Å². The number of carbonyl (C=O) groups is 2. The molecule has 4 heteroatoms. The van der Waals surface area contributed by atoms with Crippen molar-refractivity contribution < 1.29 is 19.1 Å². The fourth-order valence-electron chi connectivity index (χ4n) is 3.13. The lowest BCUT2D eigenvalue weighted by Crippen LogP contribution is -2.25. The second kappa shape index (κ2) is 10.6. The quantitative estimate of drug-likeness (QED) is 0.286. The van der Waals surface area contributed by atoms with Gasteiger partial charge < -0.3 is 9.47 Å². The highest BCUT2D eigenvalue weighted by molar-refractivity contribution is 5.87. The molecule has 0 atom stereocenters. The highest BCUT2D eigenvalue weighted by Gasteiger charge is 2.27. The number of hydrogen-bond donors (Lipinski definition) is 0. The summed E-state index contributed by atoms with van der Waals surface area (Å²) in [4.78, 5) is 23.8.